The Kier molecular flexibility index (Phi) is 7.46. The molecule has 0 radical (unpaired) electrons. The van der Waals surface area contributed by atoms with Crippen molar-refractivity contribution < 1.29 is 4.79 Å². The number of piperidine rings is 1. The van der Waals surface area contributed by atoms with Crippen molar-refractivity contribution in [2.24, 2.45) is 0 Å². The van der Waals surface area contributed by atoms with Gasteiger partial charge in [0.25, 0.3) is 0 Å². The van der Waals surface area contributed by atoms with E-state index in [4.69, 9.17) is 0 Å². The summed E-state index contributed by atoms with van der Waals surface area (Å²) in [6.07, 6.45) is 6.72. The Morgan fingerprint density at radius 3 is 2.48 bits per heavy atom. The van der Waals surface area contributed by atoms with Gasteiger partial charge >= 0.3 is 0 Å². The fourth-order valence-electron chi connectivity index (χ4n) is 3.85. The number of likely N-dealkylation sites (tertiary alicyclic amines) is 1. The number of nitrogens with zero attached hydrogens (tertiary/aromatic N) is 1. The van der Waals surface area contributed by atoms with Crippen LogP contribution in [0.15, 0.2) is 54.6 Å². The molecule has 1 saturated heterocycles. The van der Waals surface area contributed by atoms with Crippen molar-refractivity contribution in [1.82, 2.24) is 10.2 Å². The van der Waals surface area contributed by atoms with Crippen molar-refractivity contribution in [3.63, 3.8) is 0 Å². The molecule has 1 fully saturated rings. The molecule has 1 amide bonds. The van der Waals surface area contributed by atoms with Gasteiger partial charge in [-0.05, 0) is 62.4 Å². The summed E-state index contributed by atoms with van der Waals surface area (Å²) < 4.78 is 0. The van der Waals surface area contributed by atoms with E-state index in [9.17, 15) is 4.79 Å². The van der Waals surface area contributed by atoms with Gasteiger partial charge < -0.3 is 10.2 Å². The Morgan fingerprint density at radius 2 is 1.74 bits per heavy atom. The number of nitrogens with one attached hydrogen (secondary N) is 1. The van der Waals surface area contributed by atoms with Gasteiger partial charge in [-0.2, -0.15) is 0 Å². The average molecular weight is 365 g/mol. The topological polar surface area (TPSA) is 32.3 Å². The first-order valence-corrected chi connectivity index (χ1v) is 10.4. The summed E-state index contributed by atoms with van der Waals surface area (Å²) in [5, 5.41) is 3.07. The van der Waals surface area contributed by atoms with Crippen molar-refractivity contribution >= 4 is 5.91 Å². The molecule has 0 bridgehead atoms. The van der Waals surface area contributed by atoms with Crippen LogP contribution in [0.2, 0.25) is 0 Å². The molecular formula is C24H32N2O. The van der Waals surface area contributed by atoms with Crippen LogP contribution in [-0.4, -0.2) is 36.5 Å². The highest BCUT2D eigenvalue weighted by molar-refractivity contribution is 5.78. The van der Waals surface area contributed by atoms with E-state index in [1.807, 2.05) is 18.2 Å². The van der Waals surface area contributed by atoms with Gasteiger partial charge in [-0.15, -0.1) is 0 Å². The molecule has 144 valence electrons. The average Bonchev–Trinajstić information content (AvgIpc) is 2.70. The quantitative estimate of drug-likeness (QED) is 0.691. The van der Waals surface area contributed by atoms with E-state index >= 15 is 0 Å². The Hall–Kier alpha value is -2.13. The van der Waals surface area contributed by atoms with Gasteiger partial charge in [0.15, 0.2) is 0 Å². The molecule has 1 aliphatic rings. The molecule has 0 aliphatic carbocycles. The fourth-order valence-corrected chi connectivity index (χ4v) is 3.85. The van der Waals surface area contributed by atoms with Crippen LogP contribution < -0.4 is 5.32 Å². The third-order valence-corrected chi connectivity index (χ3v) is 5.56. The van der Waals surface area contributed by atoms with Crippen LogP contribution >= 0.6 is 0 Å². The van der Waals surface area contributed by atoms with E-state index in [0.29, 0.717) is 6.42 Å². The maximum Gasteiger partial charge on any atom is 0.224 e. The molecule has 3 nitrogen and oxygen atoms in total. The van der Waals surface area contributed by atoms with E-state index in [1.54, 1.807) is 0 Å². The molecule has 1 aliphatic heterocycles. The highest BCUT2D eigenvalue weighted by Gasteiger charge is 2.17. The number of amides is 1. The van der Waals surface area contributed by atoms with Gasteiger partial charge in [0.1, 0.15) is 0 Å². The minimum Gasteiger partial charge on any atom is -0.356 e. The van der Waals surface area contributed by atoms with Crippen molar-refractivity contribution in [2.75, 3.05) is 19.6 Å². The monoisotopic (exact) mass is 364 g/mol. The third-order valence-electron chi connectivity index (χ3n) is 5.56. The lowest BCUT2D eigenvalue weighted by atomic mass is 10.0. The van der Waals surface area contributed by atoms with Gasteiger partial charge in [-0.3, -0.25) is 4.79 Å². The summed E-state index contributed by atoms with van der Waals surface area (Å²) in [5.74, 6) is 0.119. The minimum atomic E-state index is 0.119. The maximum atomic E-state index is 12.2. The number of unbranched alkanes of at least 4 members (excludes halogenated alkanes) is 1. The molecule has 2 aromatic rings. The molecule has 3 rings (SSSR count). The SMILES string of the molecule is CC1CCCCN1CCCCNC(=O)Cc1ccc(-c2ccccc2)cc1. The summed E-state index contributed by atoms with van der Waals surface area (Å²) >= 11 is 0. The lowest BCUT2D eigenvalue weighted by Gasteiger charge is -2.33. The Labute approximate surface area is 163 Å². The van der Waals surface area contributed by atoms with Crippen molar-refractivity contribution in [1.29, 1.82) is 0 Å². The number of rotatable bonds is 8. The Balaban J connectivity index is 1.34. The normalized spacial score (nSPS) is 17.6. The highest BCUT2D eigenvalue weighted by Crippen LogP contribution is 2.19. The Bertz CT molecular complexity index is 696. The summed E-state index contributed by atoms with van der Waals surface area (Å²) in [7, 11) is 0. The number of carbonyl (C=O) groups excluding carboxylic acids is 1. The predicted octanol–water partition coefficient (Wildman–Crippen LogP) is 4.67. The van der Waals surface area contributed by atoms with Crippen LogP contribution in [0.3, 0.4) is 0 Å². The second-order valence-electron chi connectivity index (χ2n) is 7.68. The third kappa shape index (κ3) is 6.21. The van der Waals surface area contributed by atoms with E-state index in [1.165, 1.54) is 36.9 Å². The summed E-state index contributed by atoms with van der Waals surface area (Å²) in [6, 6.07) is 19.3. The maximum absolute atomic E-state index is 12.2. The first-order valence-electron chi connectivity index (χ1n) is 10.4. The molecular weight excluding hydrogens is 332 g/mol. The number of hydrogen-bond donors (Lipinski definition) is 1. The second kappa shape index (κ2) is 10.3. The molecule has 3 heteroatoms. The van der Waals surface area contributed by atoms with E-state index < -0.39 is 0 Å². The predicted molar refractivity (Wildman–Crippen MR) is 113 cm³/mol. The molecule has 0 aromatic heterocycles. The van der Waals surface area contributed by atoms with Crippen LogP contribution in [0, 0.1) is 0 Å². The second-order valence-corrected chi connectivity index (χ2v) is 7.68. The van der Waals surface area contributed by atoms with Crippen molar-refractivity contribution in [3.8, 4) is 11.1 Å². The van der Waals surface area contributed by atoms with Crippen LogP contribution in [0.5, 0.6) is 0 Å². The minimum absolute atomic E-state index is 0.119. The molecule has 2 aromatic carbocycles. The first kappa shape index (κ1) is 19.6. The van der Waals surface area contributed by atoms with E-state index in [0.717, 1.165) is 37.5 Å². The van der Waals surface area contributed by atoms with Crippen LogP contribution in [0.25, 0.3) is 11.1 Å². The number of carbonyl (C=O) groups is 1. The van der Waals surface area contributed by atoms with Gasteiger partial charge in [0.05, 0.1) is 6.42 Å². The number of benzene rings is 2. The largest absolute Gasteiger partial charge is 0.356 e. The smallest absolute Gasteiger partial charge is 0.224 e. The molecule has 1 heterocycles. The zero-order valence-corrected chi connectivity index (χ0v) is 16.5. The lowest BCUT2D eigenvalue weighted by molar-refractivity contribution is -0.120. The molecule has 0 spiro atoms. The highest BCUT2D eigenvalue weighted by atomic mass is 16.1. The molecule has 1 unspecified atom stereocenters. The van der Waals surface area contributed by atoms with Crippen LogP contribution in [-0.2, 0) is 11.2 Å². The van der Waals surface area contributed by atoms with Gasteiger partial charge in [0, 0.05) is 12.6 Å². The zero-order valence-electron chi connectivity index (χ0n) is 16.5. The Morgan fingerprint density at radius 1 is 1.00 bits per heavy atom. The van der Waals surface area contributed by atoms with Gasteiger partial charge in [-0.25, -0.2) is 0 Å². The molecule has 1 atom stereocenters. The fraction of sp³-hybridized carbons (Fsp3) is 0.458. The van der Waals surface area contributed by atoms with Crippen molar-refractivity contribution in [2.45, 2.75) is 51.5 Å². The summed E-state index contributed by atoms with van der Waals surface area (Å²) in [4.78, 5) is 14.8. The molecule has 1 N–H and O–H groups in total. The van der Waals surface area contributed by atoms with Crippen LogP contribution in [0.4, 0.5) is 0 Å². The number of hydrogen-bond acceptors (Lipinski definition) is 2. The summed E-state index contributed by atoms with van der Waals surface area (Å²) in [6.45, 7) is 5.53. The lowest BCUT2D eigenvalue weighted by Crippen LogP contribution is -2.38. The summed E-state index contributed by atoms with van der Waals surface area (Å²) in [5.41, 5.74) is 3.46. The van der Waals surface area contributed by atoms with E-state index in [-0.39, 0.29) is 5.91 Å². The van der Waals surface area contributed by atoms with Gasteiger partial charge in [-0.1, -0.05) is 61.0 Å². The van der Waals surface area contributed by atoms with E-state index in [2.05, 4.69) is 53.5 Å². The molecule has 27 heavy (non-hydrogen) atoms. The molecule has 0 saturated carbocycles. The first-order chi connectivity index (χ1) is 13.2. The standard InChI is InChI=1S/C24H32N2O/c1-20-9-5-7-17-26(20)18-8-6-16-25-24(27)19-21-12-14-23(15-13-21)22-10-3-2-4-11-22/h2-4,10-15,20H,5-9,16-19H2,1H3,(H,25,27). The van der Waals surface area contributed by atoms with Gasteiger partial charge in [0.2, 0.25) is 5.91 Å². The van der Waals surface area contributed by atoms with Crippen molar-refractivity contribution in [3.05, 3.63) is 60.2 Å². The zero-order chi connectivity index (χ0) is 18.9. The van der Waals surface area contributed by atoms with Crippen LogP contribution in [0.1, 0.15) is 44.6 Å².